The average Bonchev–Trinajstić information content (AvgIpc) is 2.55. The van der Waals surface area contributed by atoms with Crippen LogP contribution in [0.25, 0.3) is 0 Å². The van der Waals surface area contributed by atoms with Gasteiger partial charge in [-0.1, -0.05) is 18.2 Å². The van der Waals surface area contributed by atoms with Gasteiger partial charge in [-0.15, -0.1) is 0 Å². The van der Waals surface area contributed by atoms with E-state index in [1.165, 1.54) is 17.7 Å². The predicted molar refractivity (Wildman–Crippen MR) is 84.1 cm³/mol. The zero-order valence-electron chi connectivity index (χ0n) is 13.3. The summed E-state index contributed by atoms with van der Waals surface area (Å²) >= 11 is 0. The van der Waals surface area contributed by atoms with Crippen molar-refractivity contribution in [3.63, 3.8) is 0 Å². The summed E-state index contributed by atoms with van der Waals surface area (Å²) in [4.78, 5) is 1.29. The number of para-hydroxylation sites is 1. The minimum atomic E-state index is -0.503. The molecule has 0 bridgehead atoms. The second kappa shape index (κ2) is 9.10. The van der Waals surface area contributed by atoms with E-state index in [1.807, 2.05) is 24.3 Å². The normalized spacial score (nSPS) is 23.2. The van der Waals surface area contributed by atoms with Crippen molar-refractivity contribution in [1.29, 1.82) is 0 Å². The molecule has 1 fully saturated rings. The molecule has 0 radical (unpaired) electrons. The molecule has 1 heterocycles. The molecular weight excluding hydrogens is 282 g/mol. The quantitative estimate of drug-likeness (QED) is 0.633. The van der Waals surface area contributed by atoms with Crippen LogP contribution in [0.1, 0.15) is 24.8 Å². The van der Waals surface area contributed by atoms with Crippen molar-refractivity contribution in [3.05, 3.63) is 29.8 Å². The first-order valence-electron chi connectivity index (χ1n) is 8.07. The van der Waals surface area contributed by atoms with E-state index >= 15 is 0 Å². The van der Waals surface area contributed by atoms with Crippen LogP contribution in [0.2, 0.25) is 0 Å². The van der Waals surface area contributed by atoms with Gasteiger partial charge in [0.05, 0.1) is 33.5 Å². The van der Waals surface area contributed by atoms with Gasteiger partial charge >= 0.3 is 0 Å². The smallest absolute Gasteiger partial charge is 0.126 e. The lowest BCUT2D eigenvalue weighted by atomic mass is 10.0. The molecular formula is C17H28NO4+. The molecule has 0 aromatic heterocycles. The monoisotopic (exact) mass is 310 g/mol. The minimum absolute atomic E-state index is 0.199. The molecule has 1 saturated heterocycles. The Kier molecular flexibility index (Phi) is 7.12. The maximum atomic E-state index is 10.2. The molecule has 0 spiro atoms. The zero-order valence-corrected chi connectivity index (χ0v) is 13.3. The molecule has 1 aliphatic heterocycles. The number of ether oxygens (including phenoxy) is 2. The van der Waals surface area contributed by atoms with Gasteiger partial charge in [0.2, 0.25) is 0 Å². The number of nitrogens with one attached hydrogen (secondary N) is 1. The van der Waals surface area contributed by atoms with Gasteiger partial charge in [0.1, 0.15) is 24.4 Å². The topological polar surface area (TPSA) is 63.4 Å². The summed E-state index contributed by atoms with van der Waals surface area (Å²) in [6.07, 6.45) is 2.88. The number of likely N-dealkylation sites (tertiary alicyclic amines) is 1. The van der Waals surface area contributed by atoms with Gasteiger partial charge in [-0.2, -0.15) is 0 Å². The van der Waals surface area contributed by atoms with Crippen molar-refractivity contribution >= 4 is 0 Å². The lowest BCUT2D eigenvalue weighted by molar-refractivity contribution is -0.934. The van der Waals surface area contributed by atoms with Crippen LogP contribution in [0.15, 0.2) is 24.3 Å². The van der Waals surface area contributed by atoms with E-state index in [0.717, 1.165) is 24.3 Å². The number of aliphatic hydroxyl groups excluding tert-OH is 2. The van der Waals surface area contributed by atoms with Gasteiger partial charge in [0.15, 0.2) is 0 Å². The number of piperidine rings is 1. The largest absolute Gasteiger partial charge is 0.496 e. The highest BCUT2D eigenvalue weighted by Crippen LogP contribution is 2.17. The van der Waals surface area contributed by atoms with Crippen LogP contribution in [0.3, 0.4) is 0 Å². The van der Waals surface area contributed by atoms with Gasteiger partial charge in [-0.25, -0.2) is 0 Å². The summed E-state index contributed by atoms with van der Waals surface area (Å²) in [6, 6.07) is 7.99. The van der Waals surface area contributed by atoms with Crippen molar-refractivity contribution in [2.24, 2.45) is 0 Å². The van der Waals surface area contributed by atoms with Crippen molar-refractivity contribution in [1.82, 2.24) is 0 Å². The molecule has 3 atom stereocenters. The molecule has 0 aliphatic carbocycles. The van der Waals surface area contributed by atoms with Crippen LogP contribution < -0.4 is 9.64 Å². The lowest BCUT2D eigenvalue weighted by Gasteiger charge is -2.32. The van der Waals surface area contributed by atoms with E-state index in [2.05, 4.69) is 0 Å². The summed E-state index contributed by atoms with van der Waals surface area (Å²) in [7, 11) is 1.64. The summed E-state index contributed by atoms with van der Waals surface area (Å²) in [5.74, 6) is 0.805. The molecule has 5 nitrogen and oxygen atoms in total. The Morgan fingerprint density at radius 3 is 2.91 bits per heavy atom. The Morgan fingerprint density at radius 1 is 1.32 bits per heavy atom. The fourth-order valence-corrected chi connectivity index (χ4v) is 3.13. The van der Waals surface area contributed by atoms with Crippen LogP contribution in [0, 0.1) is 0 Å². The first kappa shape index (κ1) is 17.2. The van der Waals surface area contributed by atoms with Gasteiger partial charge < -0.3 is 24.6 Å². The second-order valence-electron chi connectivity index (χ2n) is 5.97. The number of hydrogen-bond donors (Lipinski definition) is 3. The lowest BCUT2D eigenvalue weighted by Crippen LogP contribution is -3.18. The molecule has 1 aromatic rings. The highest BCUT2D eigenvalue weighted by atomic mass is 16.5. The number of aliphatic hydroxyl groups is 2. The second-order valence-corrected chi connectivity index (χ2v) is 5.97. The molecule has 124 valence electrons. The summed E-state index contributed by atoms with van der Waals surface area (Å²) in [6.45, 7) is 2.59. The molecule has 1 aliphatic rings. The van der Waals surface area contributed by atoms with E-state index in [-0.39, 0.29) is 12.6 Å². The maximum Gasteiger partial charge on any atom is 0.126 e. The van der Waals surface area contributed by atoms with Gasteiger partial charge in [-0.3, -0.25) is 0 Å². The Labute approximate surface area is 132 Å². The summed E-state index contributed by atoms with van der Waals surface area (Å²) in [5.41, 5.74) is 0.982. The minimum Gasteiger partial charge on any atom is -0.496 e. The van der Waals surface area contributed by atoms with E-state index in [1.54, 1.807) is 7.11 Å². The first-order valence-corrected chi connectivity index (χ1v) is 8.07. The Morgan fingerprint density at radius 2 is 2.14 bits per heavy atom. The third kappa shape index (κ3) is 4.95. The van der Waals surface area contributed by atoms with Crippen LogP contribution in [-0.2, 0) is 11.3 Å². The highest BCUT2D eigenvalue weighted by Gasteiger charge is 2.27. The number of benzene rings is 1. The SMILES string of the molecule is COc1ccccc1COC[C@H](O)C[NH+]1CCCC[C@@H]1CO. The zero-order chi connectivity index (χ0) is 15.8. The van der Waals surface area contributed by atoms with Crippen LogP contribution in [0.4, 0.5) is 0 Å². The number of quaternary nitrogens is 1. The van der Waals surface area contributed by atoms with Crippen molar-refractivity contribution in [2.45, 2.75) is 38.0 Å². The molecule has 3 N–H and O–H groups in total. The first-order chi connectivity index (χ1) is 10.7. The number of methoxy groups -OCH3 is 1. The van der Waals surface area contributed by atoms with E-state index < -0.39 is 6.10 Å². The number of rotatable bonds is 8. The van der Waals surface area contributed by atoms with Gasteiger partial charge in [0, 0.05) is 12.0 Å². The standard InChI is InChI=1S/C17H27NO4/c1-21-17-8-3-2-6-14(17)12-22-13-16(20)10-18-9-5-4-7-15(18)11-19/h2-3,6,8,15-16,19-20H,4-5,7,9-13H2,1H3/p+1/t15-,16-/m1/s1. The Bertz CT molecular complexity index is 440. The molecule has 0 saturated carbocycles. The molecule has 2 rings (SSSR count). The third-order valence-corrected chi connectivity index (χ3v) is 4.36. The Hall–Kier alpha value is -1.14. The third-order valence-electron chi connectivity index (χ3n) is 4.36. The highest BCUT2D eigenvalue weighted by molar-refractivity contribution is 5.32. The fourth-order valence-electron chi connectivity index (χ4n) is 3.13. The van der Waals surface area contributed by atoms with E-state index in [0.29, 0.717) is 19.8 Å². The fraction of sp³-hybridized carbons (Fsp3) is 0.647. The molecule has 22 heavy (non-hydrogen) atoms. The summed E-state index contributed by atoms with van der Waals surface area (Å²) in [5, 5.41) is 19.6. The molecule has 5 heteroatoms. The number of hydrogen-bond acceptors (Lipinski definition) is 4. The van der Waals surface area contributed by atoms with Gasteiger partial charge in [0.25, 0.3) is 0 Å². The maximum absolute atomic E-state index is 10.2. The van der Waals surface area contributed by atoms with Crippen molar-refractivity contribution < 1.29 is 24.6 Å². The predicted octanol–water partition coefficient (Wildman–Crippen LogP) is 0.00240. The average molecular weight is 310 g/mol. The molecule has 1 unspecified atom stereocenters. The van der Waals surface area contributed by atoms with Crippen LogP contribution in [-0.4, -0.2) is 55.8 Å². The van der Waals surface area contributed by atoms with Crippen LogP contribution in [0.5, 0.6) is 5.75 Å². The molecule has 1 aromatic carbocycles. The van der Waals surface area contributed by atoms with Gasteiger partial charge in [-0.05, 0) is 18.9 Å². The Balaban J connectivity index is 1.74. The van der Waals surface area contributed by atoms with Crippen molar-refractivity contribution in [3.8, 4) is 5.75 Å². The summed E-state index contributed by atoms with van der Waals surface area (Å²) < 4.78 is 10.9. The van der Waals surface area contributed by atoms with Crippen LogP contribution >= 0.6 is 0 Å². The molecule has 0 amide bonds. The van der Waals surface area contributed by atoms with E-state index in [4.69, 9.17) is 9.47 Å². The van der Waals surface area contributed by atoms with E-state index in [9.17, 15) is 10.2 Å². The van der Waals surface area contributed by atoms with Crippen molar-refractivity contribution in [2.75, 3.05) is 33.4 Å².